The summed E-state index contributed by atoms with van der Waals surface area (Å²) in [6, 6.07) is 1.91. The van der Waals surface area contributed by atoms with Crippen molar-refractivity contribution < 1.29 is 19.0 Å². The van der Waals surface area contributed by atoms with E-state index < -0.39 is 11.7 Å². The largest absolute Gasteiger partial charge is 0.495 e. The van der Waals surface area contributed by atoms with E-state index in [-0.39, 0.29) is 6.04 Å². The van der Waals surface area contributed by atoms with Gasteiger partial charge in [-0.15, -0.1) is 0 Å². The van der Waals surface area contributed by atoms with Crippen LogP contribution >= 0.6 is 0 Å². The maximum Gasteiger partial charge on any atom is 0.407 e. The number of carbonyl (C=O) groups is 1. The van der Waals surface area contributed by atoms with Gasteiger partial charge in [0.2, 0.25) is 5.88 Å². The van der Waals surface area contributed by atoms with Gasteiger partial charge in [0.25, 0.3) is 0 Å². The molecule has 154 valence electrons. The fourth-order valence-electron chi connectivity index (χ4n) is 2.80. The van der Waals surface area contributed by atoms with Crippen LogP contribution in [0.4, 0.5) is 4.79 Å². The van der Waals surface area contributed by atoms with Crippen LogP contribution in [-0.2, 0) is 17.6 Å². The van der Waals surface area contributed by atoms with E-state index in [1.807, 2.05) is 33.8 Å². The molecule has 0 aliphatic rings. The zero-order chi connectivity index (χ0) is 20.4. The van der Waals surface area contributed by atoms with Gasteiger partial charge in [-0.2, -0.15) is 0 Å². The fraction of sp³-hybridized carbons (Fsp3) is 0.714. The molecule has 6 heteroatoms. The smallest absolute Gasteiger partial charge is 0.407 e. The molecule has 1 atom stereocenters. The van der Waals surface area contributed by atoms with Crippen molar-refractivity contribution in [2.45, 2.75) is 84.8 Å². The van der Waals surface area contributed by atoms with Crippen molar-refractivity contribution in [1.29, 1.82) is 0 Å². The number of rotatable bonds is 10. The number of amides is 1. The van der Waals surface area contributed by atoms with E-state index in [1.54, 1.807) is 14.2 Å². The second kappa shape index (κ2) is 11.0. The molecule has 0 bridgehead atoms. The third-order valence-electron chi connectivity index (χ3n) is 4.22. The van der Waals surface area contributed by atoms with Crippen molar-refractivity contribution in [1.82, 2.24) is 10.3 Å². The van der Waals surface area contributed by atoms with Crippen LogP contribution in [0.2, 0.25) is 0 Å². The minimum atomic E-state index is -0.526. The van der Waals surface area contributed by atoms with Gasteiger partial charge in [0, 0.05) is 18.0 Å². The minimum Gasteiger partial charge on any atom is -0.495 e. The van der Waals surface area contributed by atoms with E-state index in [4.69, 9.17) is 14.2 Å². The van der Waals surface area contributed by atoms with Gasteiger partial charge in [0.05, 0.1) is 19.9 Å². The predicted octanol–water partition coefficient (Wildman–Crippen LogP) is 4.68. The monoisotopic (exact) mass is 380 g/mol. The van der Waals surface area contributed by atoms with Crippen LogP contribution in [0.3, 0.4) is 0 Å². The highest BCUT2D eigenvalue weighted by molar-refractivity contribution is 5.68. The van der Waals surface area contributed by atoms with Crippen LogP contribution in [0, 0.1) is 0 Å². The molecule has 0 aromatic carbocycles. The highest BCUT2D eigenvalue weighted by atomic mass is 16.6. The number of ether oxygens (including phenoxy) is 3. The molecule has 0 saturated carbocycles. The molecule has 1 unspecified atom stereocenters. The first kappa shape index (κ1) is 23.1. The third kappa shape index (κ3) is 8.06. The second-order valence-electron chi connectivity index (χ2n) is 7.72. The molecule has 0 saturated heterocycles. The number of aryl methyl sites for hydroxylation is 1. The Bertz CT molecular complexity index is 597. The molecule has 1 N–H and O–H groups in total. The van der Waals surface area contributed by atoms with Gasteiger partial charge in [0.15, 0.2) is 0 Å². The molecule has 0 radical (unpaired) electrons. The lowest BCUT2D eigenvalue weighted by molar-refractivity contribution is 0.0502. The number of hydrogen-bond acceptors (Lipinski definition) is 5. The fourth-order valence-corrected chi connectivity index (χ4v) is 2.80. The van der Waals surface area contributed by atoms with Gasteiger partial charge in [-0.25, -0.2) is 9.78 Å². The number of carbonyl (C=O) groups excluding carboxylic acids is 1. The lowest BCUT2D eigenvalue weighted by atomic mass is 10.0. The van der Waals surface area contributed by atoms with Gasteiger partial charge >= 0.3 is 6.09 Å². The number of aromatic nitrogens is 1. The summed E-state index contributed by atoms with van der Waals surface area (Å²) in [5.74, 6) is 1.36. The predicted molar refractivity (Wildman–Crippen MR) is 108 cm³/mol. The topological polar surface area (TPSA) is 69.7 Å². The Labute approximate surface area is 164 Å². The number of hydrogen-bond donors (Lipinski definition) is 1. The first-order valence-corrected chi connectivity index (χ1v) is 9.84. The summed E-state index contributed by atoms with van der Waals surface area (Å²) in [4.78, 5) is 16.8. The van der Waals surface area contributed by atoms with Crippen molar-refractivity contribution in [2.24, 2.45) is 0 Å². The normalized spacial score (nSPS) is 12.4. The maximum absolute atomic E-state index is 12.1. The number of alkyl carbamates (subject to hydrolysis) is 1. The Balaban J connectivity index is 2.94. The van der Waals surface area contributed by atoms with E-state index in [9.17, 15) is 4.79 Å². The average Bonchev–Trinajstić information content (AvgIpc) is 2.60. The minimum absolute atomic E-state index is 0.100. The molecule has 1 heterocycles. The number of unbranched alkanes of at least 4 members (excludes halogenated alkanes) is 2. The van der Waals surface area contributed by atoms with Crippen LogP contribution in [0.15, 0.2) is 6.07 Å². The summed E-state index contributed by atoms with van der Waals surface area (Å²) in [5, 5.41) is 2.92. The highest BCUT2D eigenvalue weighted by Gasteiger charge is 2.21. The Kier molecular flexibility index (Phi) is 9.39. The second-order valence-corrected chi connectivity index (χ2v) is 7.72. The Morgan fingerprint density at radius 3 is 2.41 bits per heavy atom. The first-order valence-electron chi connectivity index (χ1n) is 9.84. The van der Waals surface area contributed by atoms with Gasteiger partial charge < -0.3 is 19.5 Å². The number of pyridine rings is 1. The van der Waals surface area contributed by atoms with E-state index in [1.165, 1.54) is 12.8 Å². The van der Waals surface area contributed by atoms with Crippen LogP contribution in [-0.4, -0.2) is 36.9 Å². The molecule has 0 fully saturated rings. The summed E-state index contributed by atoms with van der Waals surface area (Å²) >= 11 is 0. The molecule has 27 heavy (non-hydrogen) atoms. The van der Waals surface area contributed by atoms with Crippen LogP contribution in [0.5, 0.6) is 11.6 Å². The third-order valence-corrected chi connectivity index (χ3v) is 4.22. The van der Waals surface area contributed by atoms with Crippen molar-refractivity contribution in [3.8, 4) is 11.6 Å². The van der Waals surface area contributed by atoms with Gasteiger partial charge in [-0.05, 0) is 46.1 Å². The lowest BCUT2D eigenvalue weighted by Crippen LogP contribution is -2.40. The van der Waals surface area contributed by atoms with E-state index >= 15 is 0 Å². The number of methoxy groups -OCH3 is 2. The number of nitrogens with one attached hydrogen (secondary N) is 1. The van der Waals surface area contributed by atoms with E-state index in [0.717, 1.165) is 36.3 Å². The summed E-state index contributed by atoms with van der Waals surface area (Å²) in [7, 11) is 3.28. The van der Waals surface area contributed by atoms with Crippen molar-refractivity contribution in [3.63, 3.8) is 0 Å². The molecule has 1 amide bonds. The van der Waals surface area contributed by atoms with Crippen molar-refractivity contribution in [2.75, 3.05) is 14.2 Å². The van der Waals surface area contributed by atoms with Crippen LogP contribution < -0.4 is 14.8 Å². The molecule has 1 aromatic heterocycles. The first-order chi connectivity index (χ1) is 12.7. The van der Waals surface area contributed by atoms with Crippen molar-refractivity contribution >= 4 is 6.09 Å². The molecular weight excluding hydrogens is 344 g/mol. The zero-order valence-electron chi connectivity index (χ0n) is 18.0. The molecule has 1 rings (SSSR count). The maximum atomic E-state index is 12.1. The zero-order valence-corrected chi connectivity index (χ0v) is 18.0. The quantitative estimate of drug-likeness (QED) is 0.597. The number of nitrogens with zero attached hydrogens (tertiary/aromatic N) is 1. The van der Waals surface area contributed by atoms with Gasteiger partial charge in [-0.3, -0.25) is 0 Å². The molecule has 0 aliphatic heterocycles. The van der Waals surface area contributed by atoms with Gasteiger partial charge in [0.1, 0.15) is 11.4 Å². The Morgan fingerprint density at radius 1 is 1.19 bits per heavy atom. The Morgan fingerprint density at radius 2 is 1.89 bits per heavy atom. The molecular formula is C21H36N2O4. The standard InChI is InChI=1S/C21H36N2O4/c1-8-10-11-12-15-13-18(25-6)17(23-19(15)26-7)14-16(9-2)22-20(24)27-21(3,4)5/h13,16H,8-12,14H2,1-7H3,(H,22,24). The lowest BCUT2D eigenvalue weighted by Gasteiger charge is -2.23. The van der Waals surface area contributed by atoms with E-state index in [2.05, 4.69) is 17.2 Å². The average molecular weight is 381 g/mol. The molecule has 1 aromatic rings. The highest BCUT2D eigenvalue weighted by Crippen LogP contribution is 2.28. The van der Waals surface area contributed by atoms with Gasteiger partial charge in [-0.1, -0.05) is 26.7 Å². The summed E-state index contributed by atoms with van der Waals surface area (Å²) < 4.78 is 16.4. The summed E-state index contributed by atoms with van der Waals surface area (Å²) in [5.41, 5.74) is 1.30. The SMILES string of the molecule is CCCCCc1cc(OC)c(CC(CC)NC(=O)OC(C)(C)C)nc1OC. The summed E-state index contributed by atoms with van der Waals surface area (Å²) in [6.45, 7) is 9.74. The summed E-state index contributed by atoms with van der Waals surface area (Å²) in [6.07, 6.45) is 5.22. The van der Waals surface area contributed by atoms with Crippen molar-refractivity contribution in [3.05, 3.63) is 17.3 Å². The molecule has 0 aliphatic carbocycles. The van der Waals surface area contributed by atoms with E-state index in [0.29, 0.717) is 12.3 Å². The molecule has 6 nitrogen and oxygen atoms in total. The van der Waals surface area contributed by atoms with Crippen LogP contribution in [0.25, 0.3) is 0 Å². The van der Waals surface area contributed by atoms with Crippen LogP contribution in [0.1, 0.15) is 71.6 Å². The molecule has 0 spiro atoms. The Hall–Kier alpha value is -1.98.